The average Bonchev–Trinajstić information content (AvgIpc) is 2.77. The molecule has 4 rings (SSSR count). The van der Waals surface area contributed by atoms with E-state index in [-0.39, 0.29) is 29.7 Å². The van der Waals surface area contributed by atoms with Crippen molar-refractivity contribution in [2.45, 2.75) is 31.1 Å². The van der Waals surface area contributed by atoms with Gasteiger partial charge in [-0.15, -0.1) is 0 Å². The second-order valence-electron chi connectivity index (χ2n) is 7.69. The summed E-state index contributed by atoms with van der Waals surface area (Å²) in [6, 6.07) is 11.6. The number of rotatable bonds is 5. The predicted octanol–water partition coefficient (Wildman–Crippen LogP) is 3.62. The summed E-state index contributed by atoms with van der Waals surface area (Å²) in [6.07, 6.45) is 0.975. The molecule has 1 amide bonds. The van der Waals surface area contributed by atoms with Crippen LogP contribution < -0.4 is 14.8 Å². The Morgan fingerprint density at radius 2 is 1.61 bits per heavy atom. The highest BCUT2D eigenvalue weighted by Gasteiger charge is 2.38. The number of methoxy groups -OCH3 is 2. The summed E-state index contributed by atoms with van der Waals surface area (Å²) in [5.41, 5.74) is 2.87. The van der Waals surface area contributed by atoms with E-state index < -0.39 is 10.8 Å². The van der Waals surface area contributed by atoms with Gasteiger partial charge >= 0.3 is 0 Å². The first-order valence-electron chi connectivity index (χ1n) is 9.93. The molecule has 0 spiro atoms. The number of hydrogen-bond donors (Lipinski definition) is 1. The normalized spacial score (nSPS) is 20.7. The van der Waals surface area contributed by atoms with Gasteiger partial charge in [0.15, 0.2) is 17.3 Å². The monoisotopic (exact) mass is 422 g/mol. The molecule has 0 unspecified atom stereocenters. The Balaban J connectivity index is 1.67. The Hall–Kier alpha value is -3.68. The van der Waals surface area contributed by atoms with Gasteiger partial charge in [-0.1, -0.05) is 18.2 Å². The number of nitro groups is 1. The minimum Gasteiger partial charge on any atom is -0.493 e. The molecule has 31 heavy (non-hydrogen) atoms. The second kappa shape index (κ2) is 8.22. The van der Waals surface area contributed by atoms with Crippen LogP contribution in [-0.4, -0.2) is 30.8 Å². The van der Waals surface area contributed by atoms with E-state index in [0.29, 0.717) is 35.6 Å². The van der Waals surface area contributed by atoms with Crippen LogP contribution in [0.3, 0.4) is 0 Å². The number of amides is 1. The smallest absolute Gasteiger partial charge is 0.269 e. The van der Waals surface area contributed by atoms with Crippen LogP contribution in [0.1, 0.15) is 42.2 Å². The first kappa shape index (κ1) is 20.6. The van der Waals surface area contributed by atoms with E-state index in [1.165, 1.54) is 12.1 Å². The van der Waals surface area contributed by atoms with Gasteiger partial charge in [0.05, 0.1) is 19.1 Å². The molecule has 0 saturated heterocycles. The van der Waals surface area contributed by atoms with Crippen LogP contribution >= 0.6 is 0 Å². The number of ketones is 1. The largest absolute Gasteiger partial charge is 0.493 e. The third-order valence-corrected chi connectivity index (χ3v) is 5.92. The molecule has 2 aliphatic rings. The van der Waals surface area contributed by atoms with Gasteiger partial charge in [0.25, 0.3) is 5.69 Å². The lowest BCUT2D eigenvalue weighted by atomic mass is 9.73. The summed E-state index contributed by atoms with van der Waals surface area (Å²) in [4.78, 5) is 36.1. The fourth-order valence-corrected chi connectivity index (χ4v) is 4.42. The highest BCUT2D eigenvalue weighted by atomic mass is 16.6. The van der Waals surface area contributed by atoms with Gasteiger partial charge in [0, 0.05) is 42.2 Å². The number of carbonyl (C=O) groups is 2. The lowest BCUT2D eigenvalue weighted by molar-refractivity contribution is -0.384. The molecule has 160 valence electrons. The van der Waals surface area contributed by atoms with E-state index >= 15 is 0 Å². The maximum atomic E-state index is 13.2. The van der Waals surface area contributed by atoms with Crippen molar-refractivity contribution in [3.63, 3.8) is 0 Å². The van der Waals surface area contributed by atoms with Crippen LogP contribution in [0.2, 0.25) is 0 Å². The molecule has 1 aliphatic heterocycles. The number of carbonyl (C=O) groups excluding carboxylic acids is 2. The van der Waals surface area contributed by atoms with Crippen molar-refractivity contribution in [2.24, 2.45) is 0 Å². The average molecular weight is 422 g/mol. The van der Waals surface area contributed by atoms with E-state index in [9.17, 15) is 19.7 Å². The Morgan fingerprint density at radius 1 is 0.935 bits per heavy atom. The van der Waals surface area contributed by atoms with Crippen LogP contribution in [0, 0.1) is 10.1 Å². The summed E-state index contributed by atoms with van der Waals surface area (Å²) in [5.74, 6) is 0.513. The van der Waals surface area contributed by atoms with Gasteiger partial charge in [-0.3, -0.25) is 19.7 Å². The van der Waals surface area contributed by atoms with E-state index in [2.05, 4.69) is 5.32 Å². The first-order chi connectivity index (χ1) is 14.9. The highest BCUT2D eigenvalue weighted by molar-refractivity contribution is 6.02. The molecular weight excluding hydrogens is 400 g/mol. The maximum Gasteiger partial charge on any atom is 0.269 e. The van der Waals surface area contributed by atoms with E-state index in [1.54, 1.807) is 26.4 Å². The van der Waals surface area contributed by atoms with Crippen LogP contribution in [0.4, 0.5) is 5.69 Å². The third kappa shape index (κ3) is 3.88. The SMILES string of the molecule is COc1ccc([C@@H]2CC(=O)C3=C(C2)NC(=O)C[C@H]3c2ccc([N+](=O)[O-])cc2)cc1OC. The van der Waals surface area contributed by atoms with Gasteiger partial charge in [-0.2, -0.15) is 0 Å². The number of ether oxygens (including phenoxy) is 2. The van der Waals surface area contributed by atoms with Crippen molar-refractivity contribution in [3.05, 3.63) is 75.0 Å². The molecule has 2 aromatic rings. The van der Waals surface area contributed by atoms with Crippen molar-refractivity contribution in [1.29, 1.82) is 0 Å². The minimum absolute atomic E-state index is 0.0237. The standard InChI is InChI=1S/C23H22N2O6/c1-30-20-8-5-14(11-21(20)31-2)15-9-18-23(19(26)10-15)17(12-22(27)24-18)13-3-6-16(7-4-13)25(28)29/h3-8,11,15,17H,9-10,12H2,1-2H3,(H,24,27)/t15-,17-/m0/s1. The molecule has 8 heteroatoms. The summed E-state index contributed by atoms with van der Waals surface area (Å²) in [6.45, 7) is 0. The lowest BCUT2D eigenvalue weighted by Crippen LogP contribution is -2.38. The van der Waals surface area contributed by atoms with Gasteiger partial charge in [0.2, 0.25) is 5.91 Å². The topological polar surface area (TPSA) is 108 Å². The van der Waals surface area contributed by atoms with E-state index in [1.807, 2.05) is 18.2 Å². The lowest BCUT2D eigenvalue weighted by Gasteiger charge is -2.34. The van der Waals surface area contributed by atoms with Crippen molar-refractivity contribution in [1.82, 2.24) is 5.32 Å². The number of nitro benzene ring substituents is 1. The van der Waals surface area contributed by atoms with Crippen molar-refractivity contribution < 1.29 is 24.0 Å². The number of nitrogens with one attached hydrogen (secondary N) is 1. The van der Waals surface area contributed by atoms with Crippen LogP contribution in [0.5, 0.6) is 11.5 Å². The molecule has 0 fully saturated rings. The number of nitrogens with zero attached hydrogens (tertiary/aromatic N) is 1. The quantitative estimate of drug-likeness (QED) is 0.582. The van der Waals surface area contributed by atoms with E-state index in [4.69, 9.17) is 9.47 Å². The predicted molar refractivity (Wildman–Crippen MR) is 112 cm³/mol. The third-order valence-electron chi connectivity index (χ3n) is 5.92. The Labute approximate surface area is 179 Å². The number of hydrogen-bond acceptors (Lipinski definition) is 6. The fraction of sp³-hybridized carbons (Fsp3) is 0.304. The number of allylic oxidation sites excluding steroid dienone is 2. The first-order valence-corrected chi connectivity index (χ1v) is 9.93. The summed E-state index contributed by atoms with van der Waals surface area (Å²) in [7, 11) is 3.12. The van der Waals surface area contributed by atoms with Crippen molar-refractivity contribution in [3.8, 4) is 11.5 Å². The Kier molecular flexibility index (Phi) is 5.46. The fourth-order valence-electron chi connectivity index (χ4n) is 4.42. The van der Waals surface area contributed by atoms with Crippen LogP contribution in [-0.2, 0) is 9.59 Å². The number of benzene rings is 2. The number of Topliss-reactive ketones (excluding diaryl/α,β-unsaturated/α-hetero) is 1. The molecular formula is C23H22N2O6. The molecule has 0 saturated carbocycles. The zero-order valence-electron chi connectivity index (χ0n) is 17.2. The zero-order valence-corrected chi connectivity index (χ0v) is 17.2. The van der Waals surface area contributed by atoms with Crippen molar-refractivity contribution in [2.75, 3.05) is 14.2 Å². The molecule has 2 atom stereocenters. The molecule has 0 bridgehead atoms. The minimum atomic E-state index is -0.471. The van der Waals surface area contributed by atoms with E-state index in [0.717, 1.165) is 11.1 Å². The molecule has 2 aromatic carbocycles. The van der Waals surface area contributed by atoms with Gasteiger partial charge in [0.1, 0.15) is 0 Å². The molecule has 1 N–H and O–H groups in total. The highest BCUT2D eigenvalue weighted by Crippen LogP contribution is 2.43. The maximum absolute atomic E-state index is 13.2. The molecule has 1 heterocycles. The summed E-state index contributed by atoms with van der Waals surface area (Å²) in [5, 5.41) is 13.8. The zero-order chi connectivity index (χ0) is 22.1. The molecule has 0 aromatic heterocycles. The molecule has 8 nitrogen and oxygen atoms in total. The van der Waals surface area contributed by atoms with Gasteiger partial charge in [-0.05, 0) is 35.6 Å². The summed E-state index contributed by atoms with van der Waals surface area (Å²) >= 11 is 0. The molecule has 0 radical (unpaired) electrons. The van der Waals surface area contributed by atoms with Crippen LogP contribution in [0.25, 0.3) is 0 Å². The number of non-ortho nitro benzene ring substituents is 1. The second-order valence-corrected chi connectivity index (χ2v) is 7.69. The van der Waals surface area contributed by atoms with Gasteiger partial charge in [-0.25, -0.2) is 0 Å². The summed E-state index contributed by atoms with van der Waals surface area (Å²) < 4.78 is 10.7. The molecule has 1 aliphatic carbocycles. The van der Waals surface area contributed by atoms with Gasteiger partial charge < -0.3 is 14.8 Å². The Bertz CT molecular complexity index is 1090. The van der Waals surface area contributed by atoms with Crippen LogP contribution in [0.15, 0.2) is 53.7 Å². The van der Waals surface area contributed by atoms with Crippen molar-refractivity contribution >= 4 is 17.4 Å². The Morgan fingerprint density at radius 3 is 2.26 bits per heavy atom.